The number of phenols is 1. The number of benzene rings is 2. The quantitative estimate of drug-likeness (QED) is 0.350. The number of hydrazine groups is 1. The summed E-state index contributed by atoms with van der Waals surface area (Å²) in [4.78, 5) is 35.3. The zero-order chi connectivity index (χ0) is 19.6. The van der Waals surface area contributed by atoms with Crippen molar-refractivity contribution >= 4 is 51.9 Å². The molecule has 136 valence electrons. The number of carbonyl (C=O) groups excluding carboxylic acids is 2. The summed E-state index contributed by atoms with van der Waals surface area (Å²) in [5, 5.41) is 21.5. The lowest BCUT2D eigenvalue weighted by Crippen LogP contribution is -2.44. The summed E-state index contributed by atoms with van der Waals surface area (Å²) in [5.74, 6) is -1.49. The van der Waals surface area contributed by atoms with Crippen LogP contribution in [0.25, 0.3) is 6.08 Å². The Labute approximate surface area is 162 Å². The van der Waals surface area contributed by atoms with Gasteiger partial charge in [-0.1, -0.05) is 36.0 Å². The number of rotatable bonds is 4. The summed E-state index contributed by atoms with van der Waals surface area (Å²) in [6, 6.07) is 11.7. The summed E-state index contributed by atoms with van der Waals surface area (Å²) in [7, 11) is 0. The van der Waals surface area contributed by atoms with Crippen molar-refractivity contribution in [3.8, 4) is 5.75 Å². The number of carbonyl (C=O) groups is 2. The predicted octanol–water partition coefficient (Wildman–Crippen LogP) is 2.85. The standard InChI is InChI=1S/C17H11N3O5S2/c21-13-7-2-1-6-12(13)15(22)18-19-16(23)14(27-17(19)26)9-10-4-3-5-11(8-10)20(24)25/h1-9,21H,(H,18,22)/b14-9-. The predicted molar refractivity (Wildman–Crippen MR) is 104 cm³/mol. The summed E-state index contributed by atoms with van der Waals surface area (Å²) < 4.78 is 0.0976. The second kappa shape index (κ2) is 7.56. The van der Waals surface area contributed by atoms with Crippen LogP contribution in [0, 0.1) is 10.1 Å². The van der Waals surface area contributed by atoms with Crippen molar-refractivity contribution in [2.24, 2.45) is 0 Å². The second-order valence-electron chi connectivity index (χ2n) is 5.33. The maximum absolute atomic E-state index is 12.5. The number of thioether (sulfide) groups is 1. The van der Waals surface area contributed by atoms with E-state index >= 15 is 0 Å². The number of nitrogens with zero attached hydrogens (tertiary/aromatic N) is 2. The van der Waals surface area contributed by atoms with Gasteiger partial charge in [0.2, 0.25) is 0 Å². The van der Waals surface area contributed by atoms with Crippen LogP contribution in [0.2, 0.25) is 0 Å². The first kappa shape index (κ1) is 18.5. The van der Waals surface area contributed by atoms with Gasteiger partial charge in [-0.25, -0.2) is 0 Å². The van der Waals surface area contributed by atoms with Gasteiger partial charge in [0.1, 0.15) is 5.75 Å². The number of hydrogen-bond acceptors (Lipinski definition) is 7. The van der Waals surface area contributed by atoms with E-state index in [1.807, 2.05) is 0 Å². The van der Waals surface area contributed by atoms with E-state index in [1.165, 1.54) is 36.4 Å². The molecule has 1 aliphatic heterocycles. The molecule has 8 nitrogen and oxygen atoms in total. The summed E-state index contributed by atoms with van der Waals surface area (Å²) in [5.41, 5.74) is 2.70. The molecular formula is C17H11N3O5S2. The lowest BCUT2D eigenvalue weighted by Gasteiger charge is -2.16. The van der Waals surface area contributed by atoms with Crippen molar-refractivity contribution in [3.63, 3.8) is 0 Å². The topological polar surface area (TPSA) is 113 Å². The maximum atomic E-state index is 12.5. The van der Waals surface area contributed by atoms with E-state index in [2.05, 4.69) is 5.43 Å². The van der Waals surface area contributed by atoms with E-state index < -0.39 is 16.7 Å². The van der Waals surface area contributed by atoms with E-state index in [-0.39, 0.29) is 26.2 Å². The third kappa shape index (κ3) is 3.96. The minimum absolute atomic E-state index is 0.00536. The number of non-ortho nitro benzene ring substituents is 1. The molecular weight excluding hydrogens is 390 g/mol. The zero-order valence-electron chi connectivity index (χ0n) is 13.5. The number of nitrogens with one attached hydrogen (secondary N) is 1. The van der Waals surface area contributed by atoms with Crippen molar-refractivity contribution in [1.29, 1.82) is 0 Å². The van der Waals surface area contributed by atoms with Crippen LogP contribution in [0.4, 0.5) is 5.69 Å². The molecule has 1 saturated heterocycles. The lowest BCUT2D eigenvalue weighted by atomic mass is 10.2. The first-order valence-corrected chi connectivity index (χ1v) is 8.70. The molecule has 10 heteroatoms. The van der Waals surface area contributed by atoms with Crippen molar-refractivity contribution in [2.45, 2.75) is 0 Å². The van der Waals surface area contributed by atoms with Crippen LogP contribution in [0.1, 0.15) is 15.9 Å². The molecule has 2 N–H and O–H groups in total. The van der Waals surface area contributed by atoms with Gasteiger partial charge in [0, 0.05) is 12.1 Å². The van der Waals surface area contributed by atoms with Crippen molar-refractivity contribution in [1.82, 2.24) is 10.4 Å². The summed E-state index contributed by atoms with van der Waals surface area (Å²) in [6.45, 7) is 0. The normalized spacial score (nSPS) is 15.3. The number of nitro groups is 1. The largest absolute Gasteiger partial charge is 0.507 e. The molecule has 0 aliphatic carbocycles. The number of phenolic OH excluding ortho intramolecular Hbond substituents is 1. The Kier molecular flexibility index (Phi) is 5.19. The molecule has 1 fully saturated rings. The van der Waals surface area contributed by atoms with E-state index in [0.29, 0.717) is 5.56 Å². The first-order valence-electron chi connectivity index (χ1n) is 7.48. The van der Waals surface area contributed by atoms with Gasteiger partial charge < -0.3 is 5.11 Å². The Morgan fingerprint density at radius 3 is 2.70 bits per heavy atom. The monoisotopic (exact) mass is 401 g/mol. The molecule has 0 aromatic heterocycles. The average molecular weight is 401 g/mol. The van der Waals surface area contributed by atoms with Crippen LogP contribution >= 0.6 is 24.0 Å². The number of hydrogen-bond donors (Lipinski definition) is 2. The van der Waals surface area contributed by atoms with Crippen molar-refractivity contribution in [2.75, 3.05) is 0 Å². The molecule has 3 rings (SSSR count). The molecule has 0 atom stereocenters. The van der Waals surface area contributed by atoms with Crippen LogP contribution in [-0.2, 0) is 4.79 Å². The van der Waals surface area contributed by atoms with E-state index in [0.717, 1.165) is 16.8 Å². The number of nitro benzene ring substituents is 1. The Bertz CT molecular complexity index is 1010. The molecule has 27 heavy (non-hydrogen) atoms. The van der Waals surface area contributed by atoms with Gasteiger partial charge in [0.25, 0.3) is 17.5 Å². The fraction of sp³-hybridized carbons (Fsp3) is 0. The molecule has 0 spiro atoms. The highest BCUT2D eigenvalue weighted by Crippen LogP contribution is 2.32. The molecule has 0 unspecified atom stereocenters. The highest BCUT2D eigenvalue weighted by molar-refractivity contribution is 8.26. The minimum atomic E-state index is -0.694. The van der Waals surface area contributed by atoms with Gasteiger partial charge in [0.05, 0.1) is 15.4 Å². The Balaban J connectivity index is 1.81. The summed E-state index contributed by atoms with van der Waals surface area (Å²) >= 11 is 6.08. The van der Waals surface area contributed by atoms with Crippen LogP contribution in [-0.4, -0.2) is 31.2 Å². The molecule has 0 saturated carbocycles. The van der Waals surface area contributed by atoms with Crippen LogP contribution in [0.15, 0.2) is 53.4 Å². The second-order valence-corrected chi connectivity index (χ2v) is 7.00. The minimum Gasteiger partial charge on any atom is -0.507 e. The van der Waals surface area contributed by atoms with Gasteiger partial charge in [-0.05, 0) is 36.0 Å². The third-order valence-corrected chi connectivity index (χ3v) is 4.84. The molecule has 1 heterocycles. The van der Waals surface area contributed by atoms with E-state index in [9.17, 15) is 24.8 Å². The first-order chi connectivity index (χ1) is 12.9. The smallest absolute Gasteiger partial charge is 0.285 e. The van der Waals surface area contributed by atoms with Crippen molar-refractivity contribution < 1.29 is 19.6 Å². The van der Waals surface area contributed by atoms with Crippen molar-refractivity contribution in [3.05, 3.63) is 74.7 Å². The van der Waals surface area contributed by atoms with E-state index in [4.69, 9.17) is 12.2 Å². The molecule has 2 aromatic rings. The van der Waals surface area contributed by atoms with Gasteiger partial charge in [-0.3, -0.25) is 25.1 Å². The number of aromatic hydroxyl groups is 1. The third-order valence-electron chi connectivity index (χ3n) is 3.53. The van der Waals surface area contributed by atoms with Crippen LogP contribution in [0.3, 0.4) is 0 Å². The van der Waals surface area contributed by atoms with E-state index in [1.54, 1.807) is 18.2 Å². The average Bonchev–Trinajstić information content (AvgIpc) is 2.89. The lowest BCUT2D eigenvalue weighted by molar-refractivity contribution is -0.384. The molecule has 2 aromatic carbocycles. The SMILES string of the molecule is O=C(NN1C(=O)/C(=C/c2cccc([N+](=O)[O-])c2)SC1=S)c1ccccc1O. The van der Waals surface area contributed by atoms with Gasteiger partial charge in [-0.2, -0.15) is 5.01 Å². The number of thiocarbonyl (C=S) groups is 1. The Morgan fingerprint density at radius 2 is 2.00 bits per heavy atom. The van der Waals surface area contributed by atoms with Gasteiger partial charge >= 0.3 is 0 Å². The van der Waals surface area contributed by atoms with Crippen LogP contribution < -0.4 is 5.43 Å². The Morgan fingerprint density at radius 1 is 1.26 bits per heavy atom. The maximum Gasteiger partial charge on any atom is 0.285 e. The highest BCUT2D eigenvalue weighted by Gasteiger charge is 2.34. The Hall–Kier alpha value is -3.24. The number of para-hydroxylation sites is 1. The van der Waals surface area contributed by atoms with Gasteiger partial charge in [0.15, 0.2) is 4.32 Å². The zero-order valence-corrected chi connectivity index (χ0v) is 15.1. The molecule has 0 bridgehead atoms. The van der Waals surface area contributed by atoms with Crippen LogP contribution in [0.5, 0.6) is 5.75 Å². The summed E-state index contributed by atoms with van der Waals surface area (Å²) in [6.07, 6.45) is 1.46. The fourth-order valence-electron chi connectivity index (χ4n) is 2.27. The molecule has 0 radical (unpaired) electrons. The molecule has 1 aliphatic rings. The highest BCUT2D eigenvalue weighted by atomic mass is 32.2. The fourth-order valence-corrected chi connectivity index (χ4v) is 3.45. The number of amides is 2. The van der Waals surface area contributed by atoms with Gasteiger partial charge in [-0.15, -0.1) is 0 Å². The molecule has 2 amide bonds.